The third-order valence-corrected chi connectivity index (χ3v) is 3.29. The number of benzene rings is 1. The number of aryl methyl sites for hydroxylation is 1. The lowest BCUT2D eigenvalue weighted by molar-refractivity contribution is 0.302. The Bertz CT molecular complexity index is 613. The molecule has 3 nitrogen and oxygen atoms in total. The molecule has 0 saturated heterocycles. The molecule has 2 aromatic heterocycles. The molecular weight excluding hydrogens is 232 g/mol. The Kier molecular flexibility index (Phi) is 2.57. The number of imidazole rings is 1. The van der Waals surface area contributed by atoms with Crippen molar-refractivity contribution in [1.29, 1.82) is 0 Å². The molecule has 0 fully saturated rings. The Labute approximate surface area is 103 Å². The van der Waals surface area contributed by atoms with E-state index in [9.17, 15) is 0 Å². The standard InChI is InChI=1S/C13H12N2OS/c1-10-3-2-4-12(7-10)16-9-11-8-15-5-6-17-13(15)14-11/h2-8H,9H2,1H3. The van der Waals surface area contributed by atoms with Crippen molar-refractivity contribution in [3.63, 3.8) is 0 Å². The number of fused-ring (bicyclic) bond motifs is 1. The quantitative estimate of drug-likeness (QED) is 0.706. The molecule has 0 atom stereocenters. The van der Waals surface area contributed by atoms with Gasteiger partial charge in [0.15, 0.2) is 4.96 Å². The molecule has 0 unspecified atom stereocenters. The summed E-state index contributed by atoms with van der Waals surface area (Å²) in [6, 6.07) is 8.04. The fourth-order valence-electron chi connectivity index (χ4n) is 1.71. The van der Waals surface area contributed by atoms with Crippen molar-refractivity contribution in [2.75, 3.05) is 0 Å². The van der Waals surface area contributed by atoms with Gasteiger partial charge in [0.1, 0.15) is 12.4 Å². The molecule has 0 amide bonds. The molecule has 0 spiro atoms. The highest BCUT2D eigenvalue weighted by atomic mass is 32.1. The predicted octanol–water partition coefficient (Wildman–Crippen LogP) is 3.28. The van der Waals surface area contributed by atoms with Gasteiger partial charge in [-0.1, -0.05) is 12.1 Å². The van der Waals surface area contributed by atoms with Crippen LogP contribution in [0.2, 0.25) is 0 Å². The van der Waals surface area contributed by atoms with Gasteiger partial charge < -0.3 is 4.74 Å². The first-order valence-electron chi connectivity index (χ1n) is 5.42. The van der Waals surface area contributed by atoms with Crippen LogP contribution in [0.4, 0.5) is 0 Å². The van der Waals surface area contributed by atoms with Crippen LogP contribution < -0.4 is 4.74 Å². The summed E-state index contributed by atoms with van der Waals surface area (Å²) in [5.41, 5.74) is 2.16. The van der Waals surface area contributed by atoms with Crippen LogP contribution in [0.1, 0.15) is 11.3 Å². The Morgan fingerprint density at radius 2 is 2.35 bits per heavy atom. The average molecular weight is 244 g/mol. The summed E-state index contributed by atoms with van der Waals surface area (Å²) >= 11 is 1.63. The Hall–Kier alpha value is -1.81. The SMILES string of the molecule is Cc1cccc(OCc2cn3ccsc3n2)c1. The molecule has 0 aliphatic carbocycles. The first-order chi connectivity index (χ1) is 8.31. The number of aromatic nitrogens is 2. The molecule has 1 aromatic carbocycles. The summed E-state index contributed by atoms with van der Waals surface area (Å²) in [5.74, 6) is 0.890. The maximum Gasteiger partial charge on any atom is 0.193 e. The zero-order valence-electron chi connectivity index (χ0n) is 9.46. The number of hydrogen-bond donors (Lipinski definition) is 0. The van der Waals surface area contributed by atoms with Crippen LogP contribution in [0.3, 0.4) is 0 Å². The number of nitrogens with zero attached hydrogens (tertiary/aromatic N) is 2. The van der Waals surface area contributed by atoms with Crippen molar-refractivity contribution in [3.05, 3.63) is 53.3 Å². The molecular formula is C13H12N2OS. The van der Waals surface area contributed by atoms with Crippen LogP contribution in [0, 0.1) is 6.92 Å². The van der Waals surface area contributed by atoms with Crippen LogP contribution in [-0.4, -0.2) is 9.38 Å². The first-order valence-corrected chi connectivity index (χ1v) is 6.30. The van der Waals surface area contributed by atoms with Crippen LogP contribution >= 0.6 is 11.3 Å². The number of rotatable bonds is 3. The molecule has 3 aromatic rings. The van der Waals surface area contributed by atoms with E-state index < -0.39 is 0 Å². The Morgan fingerprint density at radius 3 is 3.18 bits per heavy atom. The van der Waals surface area contributed by atoms with Gasteiger partial charge in [0, 0.05) is 17.8 Å². The van der Waals surface area contributed by atoms with Crippen molar-refractivity contribution in [2.45, 2.75) is 13.5 Å². The van der Waals surface area contributed by atoms with Crippen molar-refractivity contribution in [2.24, 2.45) is 0 Å². The molecule has 2 heterocycles. The third-order valence-electron chi connectivity index (χ3n) is 2.52. The van der Waals surface area contributed by atoms with Gasteiger partial charge in [-0.2, -0.15) is 0 Å². The molecule has 0 saturated carbocycles. The van der Waals surface area contributed by atoms with Gasteiger partial charge in [0.25, 0.3) is 0 Å². The Balaban J connectivity index is 1.74. The average Bonchev–Trinajstić information content (AvgIpc) is 2.86. The van der Waals surface area contributed by atoms with Gasteiger partial charge in [-0.3, -0.25) is 4.40 Å². The second-order valence-electron chi connectivity index (χ2n) is 3.93. The molecule has 0 radical (unpaired) electrons. The van der Waals surface area contributed by atoms with Crippen LogP contribution in [0.15, 0.2) is 42.0 Å². The third kappa shape index (κ3) is 2.17. The van der Waals surface area contributed by atoms with E-state index in [0.29, 0.717) is 6.61 Å². The van der Waals surface area contributed by atoms with Gasteiger partial charge >= 0.3 is 0 Å². The summed E-state index contributed by atoms with van der Waals surface area (Å²) in [6.45, 7) is 2.57. The zero-order valence-corrected chi connectivity index (χ0v) is 10.3. The van der Waals surface area contributed by atoms with Crippen LogP contribution in [-0.2, 0) is 6.61 Å². The largest absolute Gasteiger partial charge is 0.487 e. The van der Waals surface area contributed by atoms with Gasteiger partial charge in [-0.15, -0.1) is 11.3 Å². The highest BCUT2D eigenvalue weighted by molar-refractivity contribution is 7.15. The number of ether oxygens (including phenoxy) is 1. The topological polar surface area (TPSA) is 26.5 Å². The Morgan fingerprint density at radius 1 is 1.41 bits per heavy atom. The molecule has 4 heteroatoms. The van der Waals surface area contributed by atoms with Gasteiger partial charge in [0.05, 0.1) is 5.69 Å². The van der Waals surface area contributed by atoms with Crippen molar-refractivity contribution in [3.8, 4) is 5.75 Å². The van der Waals surface area contributed by atoms with E-state index in [0.717, 1.165) is 16.4 Å². The lowest BCUT2D eigenvalue weighted by Crippen LogP contribution is -1.95. The van der Waals surface area contributed by atoms with Crippen molar-refractivity contribution in [1.82, 2.24) is 9.38 Å². The smallest absolute Gasteiger partial charge is 0.193 e. The minimum absolute atomic E-state index is 0.512. The maximum absolute atomic E-state index is 5.70. The summed E-state index contributed by atoms with van der Waals surface area (Å²) in [5, 5.41) is 2.02. The molecule has 0 N–H and O–H groups in total. The molecule has 3 rings (SSSR count). The van der Waals surface area contributed by atoms with Crippen molar-refractivity contribution >= 4 is 16.3 Å². The summed E-state index contributed by atoms with van der Waals surface area (Å²) in [4.78, 5) is 5.47. The predicted molar refractivity (Wildman–Crippen MR) is 68.6 cm³/mol. The normalized spacial score (nSPS) is 10.9. The molecule has 86 valence electrons. The maximum atomic E-state index is 5.70. The monoisotopic (exact) mass is 244 g/mol. The second kappa shape index (κ2) is 4.22. The summed E-state index contributed by atoms with van der Waals surface area (Å²) in [6.07, 6.45) is 4.00. The van der Waals surface area contributed by atoms with Crippen LogP contribution in [0.25, 0.3) is 4.96 Å². The molecule has 17 heavy (non-hydrogen) atoms. The van der Waals surface area contributed by atoms with E-state index in [4.69, 9.17) is 4.74 Å². The van der Waals surface area contributed by atoms with Crippen molar-refractivity contribution < 1.29 is 4.74 Å². The molecule has 0 aliphatic rings. The van der Waals surface area contributed by atoms with E-state index in [1.807, 2.05) is 40.4 Å². The fourth-order valence-corrected chi connectivity index (χ4v) is 2.43. The minimum Gasteiger partial charge on any atom is -0.487 e. The minimum atomic E-state index is 0.512. The van der Waals surface area contributed by atoms with Gasteiger partial charge in [-0.05, 0) is 24.6 Å². The van der Waals surface area contributed by atoms with E-state index in [2.05, 4.69) is 18.0 Å². The summed E-state index contributed by atoms with van der Waals surface area (Å²) < 4.78 is 7.71. The van der Waals surface area contributed by atoms with Gasteiger partial charge in [0.2, 0.25) is 0 Å². The van der Waals surface area contributed by atoms with E-state index >= 15 is 0 Å². The molecule has 0 aliphatic heterocycles. The lowest BCUT2D eigenvalue weighted by Gasteiger charge is -2.04. The second-order valence-corrected chi connectivity index (χ2v) is 4.80. The van der Waals surface area contributed by atoms with Crippen LogP contribution in [0.5, 0.6) is 5.75 Å². The van der Waals surface area contributed by atoms with Gasteiger partial charge in [-0.25, -0.2) is 4.98 Å². The molecule has 0 bridgehead atoms. The number of thiazole rings is 1. The zero-order chi connectivity index (χ0) is 11.7. The summed E-state index contributed by atoms with van der Waals surface area (Å²) in [7, 11) is 0. The number of hydrogen-bond acceptors (Lipinski definition) is 3. The highest BCUT2D eigenvalue weighted by Crippen LogP contribution is 2.16. The fraction of sp³-hybridized carbons (Fsp3) is 0.154. The van der Waals surface area contributed by atoms with E-state index in [-0.39, 0.29) is 0 Å². The first kappa shape index (κ1) is 10.4. The lowest BCUT2D eigenvalue weighted by atomic mass is 10.2. The van der Waals surface area contributed by atoms with E-state index in [1.165, 1.54) is 5.56 Å². The highest BCUT2D eigenvalue weighted by Gasteiger charge is 2.03. The van der Waals surface area contributed by atoms with E-state index in [1.54, 1.807) is 11.3 Å².